The van der Waals surface area contributed by atoms with Gasteiger partial charge in [-0.15, -0.1) is 0 Å². The van der Waals surface area contributed by atoms with E-state index in [1.165, 1.54) is 44.9 Å². The minimum Gasteiger partial charge on any atom is -0.300 e. The van der Waals surface area contributed by atoms with Crippen LogP contribution in [0.5, 0.6) is 0 Å². The van der Waals surface area contributed by atoms with Crippen molar-refractivity contribution >= 4 is 16.6 Å². The largest absolute Gasteiger partial charge is 0.300 e. The number of carbonyl (C=O) groups is 1. The van der Waals surface area contributed by atoms with Crippen LogP contribution in [-0.2, 0) is 15.6 Å². The molecule has 2 atom stereocenters. The first-order valence-electron chi connectivity index (χ1n) is 7.44. The van der Waals surface area contributed by atoms with Crippen LogP contribution < -0.4 is 0 Å². The van der Waals surface area contributed by atoms with Crippen molar-refractivity contribution in [3.63, 3.8) is 0 Å². The summed E-state index contributed by atoms with van der Waals surface area (Å²) in [6.07, 6.45) is 10.6. The highest BCUT2D eigenvalue weighted by molar-refractivity contribution is 7.85. The normalized spacial score (nSPS) is 14.4. The lowest BCUT2D eigenvalue weighted by molar-refractivity contribution is -0.116. The van der Waals surface area contributed by atoms with Crippen LogP contribution in [0.25, 0.3) is 0 Å². The average Bonchev–Trinajstić information content (AvgIpc) is 2.31. The standard InChI is InChI=1S/C15H30O2S/c1-4-5-6-7-8-9-10-11-12-18(17)15(3)13-14(2)16/h15H,4-13H2,1-3H3. The molecule has 0 aliphatic heterocycles. The molecule has 0 aromatic rings. The van der Waals surface area contributed by atoms with Gasteiger partial charge in [0, 0.05) is 28.2 Å². The Morgan fingerprint density at radius 2 is 1.50 bits per heavy atom. The molecule has 2 nitrogen and oxygen atoms in total. The second kappa shape index (κ2) is 11.9. The van der Waals surface area contributed by atoms with Gasteiger partial charge in [0.1, 0.15) is 5.78 Å². The van der Waals surface area contributed by atoms with Gasteiger partial charge in [-0.25, -0.2) is 0 Å². The van der Waals surface area contributed by atoms with Crippen LogP contribution in [0, 0.1) is 0 Å². The maximum atomic E-state index is 11.8. The van der Waals surface area contributed by atoms with E-state index in [0.717, 1.165) is 12.2 Å². The minimum atomic E-state index is -0.816. The smallest absolute Gasteiger partial charge is 0.131 e. The second-order valence-corrected chi connectivity index (χ2v) is 7.25. The fourth-order valence-corrected chi connectivity index (χ4v) is 3.39. The number of rotatable bonds is 12. The van der Waals surface area contributed by atoms with E-state index < -0.39 is 10.8 Å². The Bertz CT molecular complexity index is 239. The van der Waals surface area contributed by atoms with Crippen LogP contribution in [0.1, 0.15) is 78.6 Å². The predicted molar refractivity (Wildman–Crippen MR) is 80.4 cm³/mol. The summed E-state index contributed by atoms with van der Waals surface area (Å²) in [5.41, 5.74) is 0. The van der Waals surface area contributed by atoms with Gasteiger partial charge in [0.15, 0.2) is 0 Å². The summed E-state index contributed by atoms with van der Waals surface area (Å²) >= 11 is 0. The fraction of sp³-hybridized carbons (Fsp3) is 0.933. The lowest BCUT2D eigenvalue weighted by Crippen LogP contribution is -2.17. The summed E-state index contributed by atoms with van der Waals surface area (Å²) in [7, 11) is -0.816. The van der Waals surface area contributed by atoms with E-state index in [4.69, 9.17) is 0 Å². The average molecular weight is 274 g/mol. The van der Waals surface area contributed by atoms with Crippen LogP contribution in [0.15, 0.2) is 0 Å². The molecule has 0 radical (unpaired) electrons. The molecular weight excluding hydrogens is 244 g/mol. The highest BCUT2D eigenvalue weighted by Gasteiger charge is 2.12. The third-order valence-electron chi connectivity index (χ3n) is 3.22. The first-order valence-corrected chi connectivity index (χ1v) is 8.82. The molecule has 0 aromatic heterocycles. The van der Waals surface area contributed by atoms with Crippen LogP contribution in [0.3, 0.4) is 0 Å². The predicted octanol–water partition coefficient (Wildman–Crippen LogP) is 4.24. The van der Waals surface area contributed by atoms with Gasteiger partial charge in [0.2, 0.25) is 0 Å². The molecule has 0 fully saturated rings. The molecule has 0 N–H and O–H groups in total. The van der Waals surface area contributed by atoms with Crippen molar-refractivity contribution in [2.75, 3.05) is 5.75 Å². The topological polar surface area (TPSA) is 34.1 Å². The van der Waals surface area contributed by atoms with Crippen molar-refractivity contribution < 1.29 is 9.00 Å². The number of ketones is 1. The van der Waals surface area contributed by atoms with Gasteiger partial charge in [0.25, 0.3) is 0 Å². The molecule has 2 unspecified atom stereocenters. The van der Waals surface area contributed by atoms with Gasteiger partial charge in [-0.2, -0.15) is 0 Å². The van der Waals surface area contributed by atoms with Gasteiger partial charge in [-0.05, 0) is 13.3 Å². The molecule has 0 spiro atoms. The van der Waals surface area contributed by atoms with E-state index in [1.54, 1.807) is 6.92 Å². The van der Waals surface area contributed by atoms with Crippen LogP contribution in [-0.4, -0.2) is 21.0 Å². The summed E-state index contributed by atoms with van der Waals surface area (Å²) in [5, 5.41) is 0.0343. The van der Waals surface area contributed by atoms with Crippen LogP contribution in [0.4, 0.5) is 0 Å². The molecule has 0 heterocycles. The molecule has 0 saturated heterocycles. The molecule has 0 aromatic carbocycles. The molecule has 108 valence electrons. The lowest BCUT2D eigenvalue weighted by atomic mass is 10.1. The Morgan fingerprint density at radius 3 is 2.00 bits per heavy atom. The zero-order valence-electron chi connectivity index (χ0n) is 12.4. The molecule has 0 rings (SSSR count). The van der Waals surface area contributed by atoms with Crippen molar-refractivity contribution in [3.8, 4) is 0 Å². The summed E-state index contributed by atoms with van der Waals surface area (Å²) in [6, 6.07) is 0. The Kier molecular flexibility index (Phi) is 11.8. The van der Waals surface area contributed by atoms with Gasteiger partial charge < -0.3 is 0 Å². The zero-order valence-corrected chi connectivity index (χ0v) is 13.2. The Morgan fingerprint density at radius 1 is 1.00 bits per heavy atom. The molecule has 0 aliphatic carbocycles. The van der Waals surface area contributed by atoms with E-state index in [0.29, 0.717) is 6.42 Å². The monoisotopic (exact) mass is 274 g/mol. The zero-order chi connectivity index (χ0) is 13.8. The first-order chi connectivity index (χ1) is 8.57. The summed E-state index contributed by atoms with van der Waals surface area (Å²) < 4.78 is 11.8. The van der Waals surface area contributed by atoms with Gasteiger partial charge in [-0.3, -0.25) is 9.00 Å². The van der Waals surface area contributed by atoms with Crippen LogP contribution in [0.2, 0.25) is 0 Å². The van der Waals surface area contributed by atoms with Crippen molar-refractivity contribution in [1.82, 2.24) is 0 Å². The molecule has 18 heavy (non-hydrogen) atoms. The number of hydrogen-bond donors (Lipinski definition) is 0. The third-order valence-corrected chi connectivity index (χ3v) is 4.98. The summed E-state index contributed by atoms with van der Waals surface area (Å²) in [5.74, 6) is 0.912. The summed E-state index contributed by atoms with van der Waals surface area (Å²) in [4.78, 5) is 10.9. The Hall–Kier alpha value is -0.180. The number of hydrogen-bond acceptors (Lipinski definition) is 2. The molecule has 0 aliphatic rings. The molecule has 0 saturated carbocycles. The quantitative estimate of drug-likeness (QED) is 0.499. The highest BCUT2D eigenvalue weighted by Crippen LogP contribution is 2.10. The van der Waals surface area contributed by atoms with E-state index >= 15 is 0 Å². The number of unbranched alkanes of at least 4 members (excludes halogenated alkanes) is 7. The maximum absolute atomic E-state index is 11.8. The van der Waals surface area contributed by atoms with Gasteiger partial charge >= 0.3 is 0 Å². The molecule has 3 heteroatoms. The maximum Gasteiger partial charge on any atom is 0.131 e. The van der Waals surface area contributed by atoms with Crippen molar-refractivity contribution in [2.24, 2.45) is 0 Å². The van der Waals surface area contributed by atoms with E-state index in [2.05, 4.69) is 6.92 Å². The van der Waals surface area contributed by atoms with E-state index in [-0.39, 0.29) is 11.0 Å². The SMILES string of the molecule is CCCCCCCCCCS(=O)C(C)CC(C)=O. The van der Waals surface area contributed by atoms with E-state index in [9.17, 15) is 9.00 Å². The van der Waals surface area contributed by atoms with Gasteiger partial charge in [0.05, 0.1) is 0 Å². The number of Topliss-reactive ketones (excluding diaryl/α,β-unsaturated/α-hetero) is 1. The number of carbonyl (C=O) groups excluding carboxylic acids is 1. The minimum absolute atomic E-state index is 0.0343. The highest BCUT2D eigenvalue weighted by atomic mass is 32.2. The molecule has 0 amide bonds. The Labute approximate surface area is 115 Å². The van der Waals surface area contributed by atoms with Crippen molar-refractivity contribution in [1.29, 1.82) is 0 Å². The molecular formula is C15H30O2S. The third kappa shape index (κ3) is 10.9. The van der Waals surface area contributed by atoms with Crippen molar-refractivity contribution in [3.05, 3.63) is 0 Å². The lowest BCUT2D eigenvalue weighted by Gasteiger charge is -2.09. The van der Waals surface area contributed by atoms with E-state index in [1.807, 2.05) is 6.92 Å². The van der Waals surface area contributed by atoms with Crippen LogP contribution >= 0.6 is 0 Å². The first kappa shape index (κ1) is 17.8. The van der Waals surface area contributed by atoms with Gasteiger partial charge in [-0.1, -0.05) is 58.8 Å². The second-order valence-electron chi connectivity index (χ2n) is 5.28. The fourth-order valence-electron chi connectivity index (χ4n) is 2.08. The Balaban J connectivity index is 3.37. The summed E-state index contributed by atoms with van der Waals surface area (Å²) in [6.45, 7) is 5.73. The molecule has 0 bridgehead atoms. The van der Waals surface area contributed by atoms with Crippen molar-refractivity contribution in [2.45, 2.75) is 83.8 Å².